The monoisotopic (exact) mass is 255 g/mol. The van der Waals surface area contributed by atoms with E-state index < -0.39 is 10.9 Å². The number of carbonyl (C=O) groups is 1. The van der Waals surface area contributed by atoms with E-state index in [2.05, 4.69) is 0 Å². The Labute approximate surface area is 103 Å². The molecule has 1 rings (SSSR count). The van der Waals surface area contributed by atoms with Gasteiger partial charge >= 0.3 is 5.97 Å². The summed E-state index contributed by atoms with van der Waals surface area (Å²) in [6.07, 6.45) is 0.0701. The molecule has 0 aliphatic rings. The Morgan fingerprint density at radius 1 is 1.59 bits per heavy atom. The highest BCUT2D eigenvalue weighted by atomic mass is 32.2. The molecule has 0 aliphatic heterocycles. The highest BCUT2D eigenvalue weighted by Gasteiger charge is 2.13. The van der Waals surface area contributed by atoms with Crippen LogP contribution in [0.3, 0.4) is 0 Å². The van der Waals surface area contributed by atoms with Crippen molar-refractivity contribution in [3.63, 3.8) is 0 Å². The van der Waals surface area contributed by atoms with Crippen molar-refractivity contribution >= 4 is 23.4 Å². The van der Waals surface area contributed by atoms with Gasteiger partial charge in [0, 0.05) is 21.8 Å². The molecule has 0 aliphatic carbocycles. The van der Waals surface area contributed by atoms with Crippen molar-refractivity contribution in [3.8, 4) is 0 Å². The number of nitrogens with zero attached hydrogens (tertiary/aromatic N) is 1. The lowest BCUT2D eigenvalue weighted by Gasteiger charge is -2.08. The molecular weight excluding hydrogens is 242 g/mol. The van der Waals surface area contributed by atoms with E-state index in [-0.39, 0.29) is 17.4 Å². The average molecular weight is 255 g/mol. The Kier molecular flexibility index (Phi) is 4.51. The fourth-order valence-electron chi connectivity index (χ4n) is 1.43. The number of aliphatic carboxylic acids is 1. The number of carboxylic acid groups (broad SMARTS) is 1. The van der Waals surface area contributed by atoms with Gasteiger partial charge in [-0.1, -0.05) is 6.92 Å². The minimum Gasteiger partial charge on any atom is -0.481 e. The van der Waals surface area contributed by atoms with Gasteiger partial charge in [0.15, 0.2) is 0 Å². The van der Waals surface area contributed by atoms with Crippen LogP contribution in [0.4, 0.5) is 5.69 Å². The molecule has 92 valence electrons. The molecule has 1 unspecified atom stereocenters. The van der Waals surface area contributed by atoms with Crippen LogP contribution in [-0.4, -0.2) is 21.2 Å². The van der Waals surface area contributed by atoms with Crippen LogP contribution >= 0.6 is 11.8 Å². The first kappa shape index (κ1) is 13.5. The van der Waals surface area contributed by atoms with Crippen molar-refractivity contribution in [1.82, 2.24) is 0 Å². The van der Waals surface area contributed by atoms with Gasteiger partial charge in [0.25, 0.3) is 5.69 Å². The van der Waals surface area contributed by atoms with Gasteiger partial charge in [0.05, 0.1) is 11.3 Å². The Hall–Kier alpha value is -1.56. The standard InChI is InChI=1S/C11H13NO4S/c1-7-5-9(3-4-10(7)12(15)16)17-8(2)6-11(13)14/h3-5,8H,6H2,1-2H3,(H,13,14). The number of aryl methyl sites for hydroxylation is 1. The molecular formula is C11H13NO4S. The third-order valence-corrected chi connectivity index (χ3v) is 3.26. The summed E-state index contributed by atoms with van der Waals surface area (Å²) in [6.45, 7) is 3.49. The zero-order chi connectivity index (χ0) is 13.0. The summed E-state index contributed by atoms with van der Waals surface area (Å²) in [7, 11) is 0. The first-order valence-electron chi connectivity index (χ1n) is 5.03. The van der Waals surface area contributed by atoms with E-state index in [1.165, 1.54) is 17.8 Å². The maximum atomic E-state index is 10.6. The quantitative estimate of drug-likeness (QED) is 0.497. The predicted octanol–water partition coefficient (Wildman–Crippen LogP) is 2.86. The van der Waals surface area contributed by atoms with Crippen LogP contribution in [0.25, 0.3) is 0 Å². The van der Waals surface area contributed by atoms with Gasteiger partial charge in [-0.15, -0.1) is 11.8 Å². The molecule has 1 aromatic rings. The van der Waals surface area contributed by atoms with Crippen LogP contribution in [0.5, 0.6) is 0 Å². The molecule has 0 bridgehead atoms. The van der Waals surface area contributed by atoms with Gasteiger partial charge in [-0.3, -0.25) is 14.9 Å². The largest absolute Gasteiger partial charge is 0.481 e. The van der Waals surface area contributed by atoms with Crippen LogP contribution in [0.15, 0.2) is 23.1 Å². The van der Waals surface area contributed by atoms with E-state index in [0.717, 1.165) is 4.90 Å². The van der Waals surface area contributed by atoms with Crippen LogP contribution in [-0.2, 0) is 4.79 Å². The zero-order valence-corrected chi connectivity index (χ0v) is 10.4. The van der Waals surface area contributed by atoms with Crippen molar-refractivity contribution in [2.24, 2.45) is 0 Å². The molecule has 0 amide bonds. The summed E-state index contributed by atoms with van der Waals surface area (Å²) < 4.78 is 0. The lowest BCUT2D eigenvalue weighted by Crippen LogP contribution is -2.05. The van der Waals surface area contributed by atoms with Gasteiger partial charge in [0.1, 0.15) is 0 Å². The summed E-state index contributed by atoms with van der Waals surface area (Å²) in [5, 5.41) is 19.2. The molecule has 1 N–H and O–H groups in total. The van der Waals surface area contributed by atoms with E-state index in [1.54, 1.807) is 19.1 Å². The average Bonchev–Trinajstić information content (AvgIpc) is 2.15. The number of benzene rings is 1. The zero-order valence-electron chi connectivity index (χ0n) is 9.54. The molecule has 0 radical (unpaired) electrons. The number of hydrogen-bond acceptors (Lipinski definition) is 4. The molecule has 5 nitrogen and oxygen atoms in total. The maximum Gasteiger partial charge on any atom is 0.304 e. The van der Waals surface area contributed by atoms with Crippen molar-refractivity contribution in [3.05, 3.63) is 33.9 Å². The Morgan fingerprint density at radius 2 is 2.24 bits per heavy atom. The second kappa shape index (κ2) is 5.67. The van der Waals surface area contributed by atoms with Gasteiger partial charge in [-0.2, -0.15) is 0 Å². The van der Waals surface area contributed by atoms with Crippen molar-refractivity contribution in [2.75, 3.05) is 0 Å². The summed E-state index contributed by atoms with van der Waals surface area (Å²) in [5.74, 6) is -0.844. The first-order chi connectivity index (χ1) is 7.90. The molecule has 0 fully saturated rings. The van der Waals surface area contributed by atoms with Crippen LogP contribution in [0.1, 0.15) is 18.9 Å². The number of carboxylic acids is 1. The second-order valence-corrected chi connectivity index (χ2v) is 5.24. The van der Waals surface area contributed by atoms with Crippen LogP contribution in [0.2, 0.25) is 0 Å². The van der Waals surface area contributed by atoms with Crippen molar-refractivity contribution < 1.29 is 14.8 Å². The molecule has 0 saturated heterocycles. The normalized spacial score (nSPS) is 12.1. The first-order valence-corrected chi connectivity index (χ1v) is 5.91. The van der Waals surface area contributed by atoms with Crippen molar-refractivity contribution in [2.45, 2.75) is 30.4 Å². The van der Waals surface area contributed by atoms with Gasteiger partial charge in [-0.25, -0.2) is 0 Å². The smallest absolute Gasteiger partial charge is 0.304 e. The fraction of sp³-hybridized carbons (Fsp3) is 0.364. The number of rotatable bonds is 5. The summed E-state index contributed by atoms with van der Waals surface area (Å²) >= 11 is 1.40. The molecule has 0 saturated carbocycles. The van der Waals surface area contributed by atoms with Gasteiger partial charge in [-0.05, 0) is 19.1 Å². The highest BCUT2D eigenvalue weighted by molar-refractivity contribution is 8.00. The number of thioether (sulfide) groups is 1. The molecule has 0 aromatic heterocycles. The third-order valence-electron chi connectivity index (χ3n) is 2.16. The Bertz CT molecular complexity index is 447. The minimum atomic E-state index is -0.844. The topological polar surface area (TPSA) is 80.4 Å². The van der Waals surface area contributed by atoms with E-state index >= 15 is 0 Å². The summed E-state index contributed by atoms with van der Waals surface area (Å²) in [4.78, 5) is 21.6. The number of hydrogen-bond donors (Lipinski definition) is 1. The number of nitro benzene ring substituents is 1. The molecule has 0 heterocycles. The van der Waals surface area contributed by atoms with Crippen LogP contribution < -0.4 is 0 Å². The summed E-state index contributed by atoms with van der Waals surface area (Å²) in [6, 6.07) is 4.81. The molecule has 1 atom stereocenters. The van der Waals surface area contributed by atoms with Crippen molar-refractivity contribution in [1.29, 1.82) is 0 Å². The maximum absolute atomic E-state index is 10.6. The minimum absolute atomic E-state index is 0.0617. The molecule has 6 heteroatoms. The predicted molar refractivity (Wildman–Crippen MR) is 65.4 cm³/mol. The second-order valence-electron chi connectivity index (χ2n) is 3.73. The lowest BCUT2D eigenvalue weighted by molar-refractivity contribution is -0.385. The lowest BCUT2D eigenvalue weighted by atomic mass is 10.2. The number of nitro groups is 1. The molecule has 17 heavy (non-hydrogen) atoms. The SMILES string of the molecule is Cc1cc(SC(C)CC(=O)O)ccc1[N+](=O)[O-]. The fourth-order valence-corrected chi connectivity index (χ4v) is 2.51. The Morgan fingerprint density at radius 3 is 2.71 bits per heavy atom. The highest BCUT2D eigenvalue weighted by Crippen LogP contribution is 2.29. The van der Waals surface area contributed by atoms with E-state index in [4.69, 9.17) is 5.11 Å². The third kappa shape index (κ3) is 4.07. The van der Waals surface area contributed by atoms with Crippen LogP contribution in [0, 0.1) is 17.0 Å². The Balaban J connectivity index is 2.77. The van der Waals surface area contributed by atoms with Gasteiger partial charge in [0.2, 0.25) is 0 Å². The van der Waals surface area contributed by atoms with E-state index in [1.807, 2.05) is 6.92 Å². The summed E-state index contributed by atoms with van der Waals surface area (Å²) in [5.41, 5.74) is 0.669. The van der Waals surface area contributed by atoms with E-state index in [9.17, 15) is 14.9 Å². The van der Waals surface area contributed by atoms with Gasteiger partial charge < -0.3 is 5.11 Å². The molecule has 0 spiro atoms. The van der Waals surface area contributed by atoms with E-state index in [0.29, 0.717) is 5.56 Å². The molecule has 1 aromatic carbocycles.